The first-order valence-corrected chi connectivity index (χ1v) is 13.7. The Labute approximate surface area is 202 Å². The number of carbonyl (C=O) groups excluding carboxylic acids is 1. The minimum Gasteiger partial charge on any atom is -0.351 e. The van der Waals surface area contributed by atoms with Crippen LogP contribution in [0.1, 0.15) is 41.6 Å². The van der Waals surface area contributed by atoms with E-state index in [0.29, 0.717) is 41.7 Å². The monoisotopic (exact) mass is 518 g/mol. The van der Waals surface area contributed by atoms with Gasteiger partial charge in [0.2, 0.25) is 10.0 Å². The smallest absolute Gasteiger partial charge is 0.252 e. The van der Waals surface area contributed by atoms with Crippen LogP contribution in [0.2, 0.25) is 10.0 Å². The minimum absolute atomic E-state index is 0.0671. The molecule has 10 heteroatoms. The predicted molar refractivity (Wildman–Crippen MR) is 129 cm³/mol. The van der Waals surface area contributed by atoms with Crippen LogP contribution in [0, 0.1) is 5.82 Å². The zero-order valence-corrected chi connectivity index (χ0v) is 20.6. The summed E-state index contributed by atoms with van der Waals surface area (Å²) in [6.07, 6.45) is 3.69. The van der Waals surface area contributed by atoms with E-state index in [2.05, 4.69) is 5.32 Å². The lowest BCUT2D eigenvalue weighted by atomic mass is 10.2. The lowest BCUT2D eigenvalue weighted by molar-refractivity contribution is 0.0956. The van der Waals surface area contributed by atoms with Crippen LogP contribution in [0.5, 0.6) is 0 Å². The SMILES string of the molecule is O=C(NCCSCc1c(F)cccc1Cl)c1cc(S(=O)(=O)N2CCCCCC2)ccc1Cl. The van der Waals surface area contributed by atoms with Crippen LogP contribution in [0.3, 0.4) is 0 Å². The summed E-state index contributed by atoms with van der Waals surface area (Å²) in [5, 5.41) is 3.30. The van der Waals surface area contributed by atoms with E-state index in [1.165, 1.54) is 40.3 Å². The molecule has 1 N–H and O–H groups in total. The summed E-state index contributed by atoms with van der Waals surface area (Å²) < 4.78 is 41.3. The molecule has 0 saturated carbocycles. The topological polar surface area (TPSA) is 66.5 Å². The molecule has 2 aromatic carbocycles. The highest BCUT2D eigenvalue weighted by atomic mass is 35.5. The number of nitrogens with one attached hydrogen (secondary N) is 1. The van der Waals surface area contributed by atoms with E-state index in [1.807, 2.05) is 0 Å². The number of rotatable bonds is 8. The van der Waals surface area contributed by atoms with Crippen molar-refractivity contribution in [2.24, 2.45) is 0 Å². The Morgan fingerprint density at radius 1 is 1.06 bits per heavy atom. The predicted octanol–water partition coefficient (Wildman–Crippen LogP) is 5.36. The summed E-state index contributed by atoms with van der Waals surface area (Å²) in [5.41, 5.74) is 0.546. The van der Waals surface area contributed by atoms with E-state index in [0.717, 1.165) is 25.7 Å². The van der Waals surface area contributed by atoms with Gasteiger partial charge in [-0.3, -0.25) is 4.79 Å². The molecule has 0 unspecified atom stereocenters. The zero-order valence-electron chi connectivity index (χ0n) is 17.5. The first kappa shape index (κ1) is 25.3. The molecule has 0 aliphatic carbocycles. The highest BCUT2D eigenvalue weighted by Crippen LogP contribution is 2.26. The van der Waals surface area contributed by atoms with E-state index in [-0.39, 0.29) is 21.3 Å². The van der Waals surface area contributed by atoms with Crippen molar-refractivity contribution in [3.05, 3.63) is 63.4 Å². The number of halogens is 3. The van der Waals surface area contributed by atoms with Gasteiger partial charge in [0.05, 0.1) is 15.5 Å². The van der Waals surface area contributed by atoms with Crippen molar-refractivity contribution < 1.29 is 17.6 Å². The van der Waals surface area contributed by atoms with E-state index < -0.39 is 15.9 Å². The van der Waals surface area contributed by atoms with Crippen molar-refractivity contribution in [2.45, 2.75) is 36.3 Å². The first-order valence-electron chi connectivity index (χ1n) is 10.4. The highest BCUT2D eigenvalue weighted by Gasteiger charge is 2.26. The van der Waals surface area contributed by atoms with Crippen LogP contribution in [0.15, 0.2) is 41.3 Å². The fourth-order valence-electron chi connectivity index (χ4n) is 3.45. The van der Waals surface area contributed by atoms with Crippen molar-refractivity contribution in [3.8, 4) is 0 Å². The van der Waals surface area contributed by atoms with Crippen molar-refractivity contribution in [1.29, 1.82) is 0 Å². The fourth-order valence-corrected chi connectivity index (χ4v) is 6.39. The molecule has 1 saturated heterocycles. The third-order valence-electron chi connectivity index (χ3n) is 5.23. The molecule has 1 aliphatic rings. The second-order valence-electron chi connectivity index (χ2n) is 7.47. The maximum Gasteiger partial charge on any atom is 0.252 e. The summed E-state index contributed by atoms with van der Waals surface area (Å²) in [4.78, 5) is 12.7. The molecule has 1 fully saturated rings. The van der Waals surface area contributed by atoms with Gasteiger partial charge in [-0.1, -0.05) is 42.1 Å². The van der Waals surface area contributed by atoms with Crippen molar-refractivity contribution in [2.75, 3.05) is 25.4 Å². The van der Waals surface area contributed by atoms with Crippen LogP contribution >= 0.6 is 35.0 Å². The van der Waals surface area contributed by atoms with Crippen LogP contribution < -0.4 is 5.32 Å². The first-order chi connectivity index (χ1) is 15.3. The second-order valence-corrected chi connectivity index (χ2v) is 11.3. The molecule has 3 rings (SSSR count). The lowest BCUT2D eigenvalue weighted by Gasteiger charge is -2.20. The summed E-state index contributed by atoms with van der Waals surface area (Å²) in [5.74, 6) is 0.0987. The van der Waals surface area contributed by atoms with Gasteiger partial charge in [0.25, 0.3) is 5.91 Å². The number of carbonyl (C=O) groups is 1. The molecular weight excluding hydrogens is 494 g/mol. The van der Waals surface area contributed by atoms with Crippen LogP contribution in [0.4, 0.5) is 4.39 Å². The van der Waals surface area contributed by atoms with Crippen LogP contribution in [0.25, 0.3) is 0 Å². The third kappa shape index (κ3) is 6.38. The molecule has 1 aliphatic heterocycles. The summed E-state index contributed by atoms with van der Waals surface area (Å²) in [6, 6.07) is 8.76. The average Bonchev–Trinajstić information content (AvgIpc) is 3.05. The van der Waals surface area contributed by atoms with E-state index in [4.69, 9.17) is 23.2 Å². The van der Waals surface area contributed by atoms with Gasteiger partial charge in [0.1, 0.15) is 5.82 Å². The molecular formula is C22H25Cl2FN2O3S2. The quantitative estimate of drug-likeness (QED) is 0.477. The van der Waals surface area contributed by atoms with Gasteiger partial charge in [0, 0.05) is 41.7 Å². The van der Waals surface area contributed by atoms with Crippen molar-refractivity contribution in [3.63, 3.8) is 0 Å². The number of thioether (sulfide) groups is 1. The maximum atomic E-state index is 13.8. The number of nitrogens with zero attached hydrogens (tertiary/aromatic N) is 1. The van der Waals surface area contributed by atoms with E-state index >= 15 is 0 Å². The summed E-state index contributed by atoms with van der Waals surface area (Å²) >= 11 is 13.6. The van der Waals surface area contributed by atoms with E-state index in [9.17, 15) is 17.6 Å². The number of sulfonamides is 1. The number of benzene rings is 2. The Kier molecular flexibility index (Phi) is 9.25. The van der Waals surface area contributed by atoms with Crippen LogP contribution in [-0.2, 0) is 15.8 Å². The lowest BCUT2D eigenvalue weighted by Crippen LogP contribution is -2.32. The maximum absolute atomic E-state index is 13.8. The van der Waals surface area contributed by atoms with E-state index in [1.54, 1.807) is 12.1 Å². The molecule has 0 radical (unpaired) electrons. The molecule has 0 bridgehead atoms. The average molecular weight is 519 g/mol. The van der Waals surface area contributed by atoms with Crippen molar-refractivity contribution in [1.82, 2.24) is 9.62 Å². The summed E-state index contributed by atoms with van der Waals surface area (Å²) in [6.45, 7) is 1.28. The Balaban J connectivity index is 1.59. The molecule has 0 aromatic heterocycles. The molecule has 2 aromatic rings. The number of hydrogen-bond acceptors (Lipinski definition) is 4. The minimum atomic E-state index is -3.68. The number of amides is 1. The Bertz CT molecular complexity index is 1040. The Morgan fingerprint density at radius 3 is 2.47 bits per heavy atom. The normalized spacial score (nSPS) is 15.3. The zero-order chi connectivity index (χ0) is 23.1. The third-order valence-corrected chi connectivity index (χ3v) is 8.79. The number of hydrogen-bond donors (Lipinski definition) is 1. The second kappa shape index (κ2) is 11.7. The highest BCUT2D eigenvalue weighted by molar-refractivity contribution is 7.98. The molecule has 5 nitrogen and oxygen atoms in total. The van der Waals surface area contributed by atoms with Gasteiger partial charge in [0.15, 0.2) is 0 Å². The molecule has 32 heavy (non-hydrogen) atoms. The summed E-state index contributed by atoms with van der Waals surface area (Å²) in [7, 11) is -3.68. The Hall–Kier alpha value is -1.32. The van der Waals surface area contributed by atoms with Gasteiger partial charge >= 0.3 is 0 Å². The molecule has 174 valence electrons. The molecule has 1 amide bonds. The molecule has 0 spiro atoms. The Morgan fingerprint density at radius 2 is 1.78 bits per heavy atom. The van der Waals surface area contributed by atoms with Gasteiger partial charge in [-0.15, -0.1) is 0 Å². The van der Waals surface area contributed by atoms with Gasteiger partial charge < -0.3 is 5.32 Å². The van der Waals surface area contributed by atoms with Gasteiger partial charge in [-0.05, 0) is 43.2 Å². The fraction of sp³-hybridized carbons (Fsp3) is 0.409. The standard InChI is InChI=1S/C22H25Cl2FN2O3S2/c23-19-6-5-7-21(25)18(19)15-31-13-10-26-22(28)17-14-16(8-9-20(17)24)32(29,30)27-11-3-1-2-4-12-27/h5-9,14H,1-4,10-13,15H2,(H,26,28). The largest absolute Gasteiger partial charge is 0.351 e. The van der Waals surface area contributed by atoms with Gasteiger partial charge in [-0.2, -0.15) is 16.1 Å². The van der Waals surface area contributed by atoms with Gasteiger partial charge in [-0.25, -0.2) is 12.8 Å². The van der Waals surface area contributed by atoms with Crippen molar-refractivity contribution >= 4 is 50.9 Å². The van der Waals surface area contributed by atoms with Crippen LogP contribution in [-0.4, -0.2) is 44.0 Å². The molecule has 1 heterocycles. The molecule has 0 atom stereocenters.